The fourth-order valence-electron chi connectivity index (χ4n) is 1.69. The fraction of sp³-hybridized carbons (Fsp3) is 0.133. The summed E-state index contributed by atoms with van der Waals surface area (Å²) in [5, 5.41) is 2.79. The van der Waals surface area contributed by atoms with Crippen LogP contribution in [0.4, 0.5) is 14.5 Å². The summed E-state index contributed by atoms with van der Waals surface area (Å²) in [6.45, 7) is -3.32. The molecule has 0 saturated carbocycles. The molecule has 0 fully saturated rings. The largest absolute Gasteiger partial charge is 0.482 e. The van der Waals surface area contributed by atoms with Gasteiger partial charge in [0, 0.05) is 4.47 Å². The molecule has 8 heteroatoms. The van der Waals surface area contributed by atoms with E-state index in [9.17, 15) is 13.6 Å². The van der Waals surface area contributed by atoms with Gasteiger partial charge in [-0.15, -0.1) is 0 Å². The van der Waals surface area contributed by atoms with E-state index in [0.29, 0.717) is 10.8 Å². The number of para-hydroxylation sites is 2. The number of alkyl halides is 2. The van der Waals surface area contributed by atoms with Crippen molar-refractivity contribution in [1.82, 2.24) is 0 Å². The van der Waals surface area contributed by atoms with E-state index in [-0.39, 0.29) is 18.0 Å². The van der Waals surface area contributed by atoms with Crippen molar-refractivity contribution < 1.29 is 23.0 Å². The number of benzene rings is 2. The first-order chi connectivity index (χ1) is 11.0. The van der Waals surface area contributed by atoms with Crippen molar-refractivity contribution in [2.45, 2.75) is 6.61 Å². The lowest BCUT2D eigenvalue weighted by atomic mass is 10.3. The van der Waals surface area contributed by atoms with Crippen LogP contribution in [0, 0.1) is 0 Å². The summed E-state index contributed by atoms with van der Waals surface area (Å²) >= 11 is 9.20. The molecule has 0 heterocycles. The van der Waals surface area contributed by atoms with Gasteiger partial charge in [0.1, 0.15) is 11.5 Å². The molecule has 4 nitrogen and oxygen atoms in total. The van der Waals surface area contributed by atoms with Gasteiger partial charge in [-0.1, -0.05) is 39.7 Å². The Labute approximate surface area is 144 Å². The number of halogens is 4. The monoisotopic (exact) mass is 405 g/mol. The second-order valence-electron chi connectivity index (χ2n) is 4.29. The minimum absolute atomic E-state index is 0.127. The topological polar surface area (TPSA) is 47.6 Å². The highest BCUT2D eigenvalue weighted by molar-refractivity contribution is 9.10. The maximum absolute atomic E-state index is 12.3. The first kappa shape index (κ1) is 17.5. The summed E-state index contributed by atoms with van der Waals surface area (Å²) in [5.74, 6) is -0.337. The quantitative estimate of drug-likeness (QED) is 0.755. The van der Waals surface area contributed by atoms with Crippen LogP contribution in [0.2, 0.25) is 5.02 Å². The Morgan fingerprint density at radius 2 is 1.96 bits per heavy atom. The standard InChI is InChI=1S/C15H11BrClF2NO3/c16-9-5-6-10(17)13(7-9)22-8-14(21)20-11-3-1-2-4-12(11)23-15(18)19/h1-7,15H,8H2,(H,20,21). The molecule has 1 amide bonds. The van der Waals surface area contributed by atoms with Gasteiger partial charge in [0.25, 0.3) is 5.91 Å². The van der Waals surface area contributed by atoms with E-state index in [1.54, 1.807) is 24.3 Å². The molecule has 2 rings (SSSR count). The highest BCUT2D eigenvalue weighted by atomic mass is 79.9. The van der Waals surface area contributed by atoms with Gasteiger partial charge in [-0.05, 0) is 30.3 Å². The van der Waals surface area contributed by atoms with E-state index < -0.39 is 12.5 Å². The van der Waals surface area contributed by atoms with Crippen LogP contribution in [0.15, 0.2) is 46.9 Å². The average Bonchev–Trinajstić information content (AvgIpc) is 2.50. The van der Waals surface area contributed by atoms with Crippen molar-refractivity contribution in [1.29, 1.82) is 0 Å². The molecule has 1 N–H and O–H groups in total. The molecule has 122 valence electrons. The van der Waals surface area contributed by atoms with Crippen LogP contribution in [-0.2, 0) is 4.79 Å². The number of hydrogen-bond donors (Lipinski definition) is 1. The summed E-state index contributed by atoms with van der Waals surface area (Å²) in [6.07, 6.45) is 0. The van der Waals surface area contributed by atoms with Crippen molar-refractivity contribution in [2.75, 3.05) is 11.9 Å². The second kappa shape index (κ2) is 8.12. The summed E-state index contributed by atoms with van der Waals surface area (Å²) in [7, 11) is 0. The Kier molecular flexibility index (Phi) is 6.18. The Bertz CT molecular complexity index is 700. The molecule has 2 aromatic rings. The van der Waals surface area contributed by atoms with Crippen molar-refractivity contribution in [3.63, 3.8) is 0 Å². The molecule has 0 saturated heterocycles. The second-order valence-corrected chi connectivity index (χ2v) is 5.61. The maximum Gasteiger partial charge on any atom is 0.387 e. The number of rotatable bonds is 6. The van der Waals surface area contributed by atoms with E-state index in [2.05, 4.69) is 26.0 Å². The molecular weight excluding hydrogens is 396 g/mol. The SMILES string of the molecule is O=C(COc1cc(Br)ccc1Cl)Nc1ccccc1OC(F)F. The Morgan fingerprint density at radius 1 is 1.22 bits per heavy atom. The number of carbonyl (C=O) groups excluding carboxylic acids is 1. The predicted octanol–water partition coefficient (Wildman–Crippen LogP) is 4.72. The van der Waals surface area contributed by atoms with Crippen molar-refractivity contribution in [2.24, 2.45) is 0 Å². The normalized spacial score (nSPS) is 10.5. The lowest BCUT2D eigenvalue weighted by Crippen LogP contribution is -2.21. The third-order valence-electron chi connectivity index (χ3n) is 2.63. The number of ether oxygens (including phenoxy) is 2. The summed E-state index contributed by atoms with van der Waals surface area (Å²) in [4.78, 5) is 11.9. The molecule has 0 aliphatic carbocycles. The van der Waals surface area contributed by atoms with Crippen LogP contribution in [0.5, 0.6) is 11.5 Å². The van der Waals surface area contributed by atoms with Crippen LogP contribution >= 0.6 is 27.5 Å². The Balaban J connectivity index is 1.99. The Hall–Kier alpha value is -1.86. The van der Waals surface area contributed by atoms with Gasteiger partial charge >= 0.3 is 6.61 Å². The van der Waals surface area contributed by atoms with Gasteiger partial charge in [0.15, 0.2) is 6.61 Å². The molecule has 0 atom stereocenters. The zero-order valence-corrected chi connectivity index (χ0v) is 13.9. The lowest BCUT2D eigenvalue weighted by Gasteiger charge is -2.12. The smallest absolute Gasteiger partial charge is 0.387 e. The molecule has 0 unspecified atom stereocenters. The molecule has 0 aliphatic rings. The molecule has 0 spiro atoms. The molecule has 0 radical (unpaired) electrons. The molecular formula is C15H11BrClF2NO3. The molecule has 23 heavy (non-hydrogen) atoms. The predicted molar refractivity (Wildman–Crippen MR) is 86.4 cm³/mol. The number of carbonyl (C=O) groups is 1. The molecule has 0 aromatic heterocycles. The zero-order chi connectivity index (χ0) is 16.8. The first-order valence-electron chi connectivity index (χ1n) is 6.37. The lowest BCUT2D eigenvalue weighted by molar-refractivity contribution is -0.118. The van der Waals surface area contributed by atoms with Gasteiger partial charge in [-0.25, -0.2) is 0 Å². The number of anilines is 1. The molecule has 2 aromatic carbocycles. The van der Waals surface area contributed by atoms with Gasteiger partial charge in [0.05, 0.1) is 10.7 Å². The molecule has 0 aliphatic heterocycles. The van der Waals surface area contributed by atoms with E-state index in [1.165, 1.54) is 18.2 Å². The van der Waals surface area contributed by atoms with Crippen LogP contribution in [-0.4, -0.2) is 19.1 Å². The summed E-state index contributed by atoms with van der Waals surface area (Å²) < 4.78 is 35.0. The fourth-order valence-corrected chi connectivity index (χ4v) is 2.20. The third kappa shape index (κ3) is 5.37. The van der Waals surface area contributed by atoms with Crippen molar-refractivity contribution in [3.8, 4) is 11.5 Å². The highest BCUT2D eigenvalue weighted by Gasteiger charge is 2.12. The number of amides is 1. The zero-order valence-electron chi connectivity index (χ0n) is 11.6. The van der Waals surface area contributed by atoms with Crippen molar-refractivity contribution >= 4 is 39.1 Å². The Morgan fingerprint density at radius 3 is 2.70 bits per heavy atom. The van der Waals surface area contributed by atoms with E-state index in [4.69, 9.17) is 16.3 Å². The van der Waals surface area contributed by atoms with Crippen LogP contribution in [0.3, 0.4) is 0 Å². The minimum atomic E-state index is -2.98. The number of nitrogens with one attached hydrogen (secondary N) is 1. The molecule has 0 bridgehead atoms. The van der Waals surface area contributed by atoms with E-state index >= 15 is 0 Å². The first-order valence-corrected chi connectivity index (χ1v) is 7.54. The summed E-state index contributed by atoms with van der Waals surface area (Å²) in [6, 6.07) is 10.8. The highest BCUT2D eigenvalue weighted by Crippen LogP contribution is 2.28. The van der Waals surface area contributed by atoms with Gasteiger partial charge in [0.2, 0.25) is 0 Å². The third-order valence-corrected chi connectivity index (χ3v) is 3.43. The van der Waals surface area contributed by atoms with Crippen LogP contribution in [0.25, 0.3) is 0 Å². The number of hydrogen-bond acceptors (Lipinski definition) is 3. The minimum Gasteiger partial charge on any atom is -0.482 e. The van der Waals surface area contributed by atoms with Crippen LogP contribution in [0.1, 0.15) is 0 Å². The average molecular weight is 407 g/mol. The van der Waals surface area contributed by atoms with E-state index in [1.807, 2.05) is 0 Å². The van der Waals surface area contributed by atoms with Gasteiger partial charge < -0.3 is 14.8 Å². The van der Waals surface area contributed by atoms with Gasteiger partial charge in [-0.2, -0.15) is 8.78 Å². The van der Waals surface area contributed by atoms with Crippen molar-refractivity contribution in [3.05, 3.63) is 52.0 Å². The van der Waals surface area contributed by atoms with Gasteiger partial charge in [-0.3, -0.25) is 4.79 Å². The summed E-state index contributed by atoms with van der Waals surface area (Å²) in [5.41, 5.74) is 0.127. The maximum atomic E-state index is 12.3. The van der Waals surface area contributed by atoms with Crippen LogP contribution < -0.4 is 14.8 Å². The van der Waals surface area contributed by atoms with E-state index in [0.717, 1.165) is 4.47 Å².